The lowest BCUT2D eigenvalue weighted by atomic mass is 9.97. The van der Waals surface area contributed by atoms with Crippen molar-refractivity contribution in [3.8, 4) is 28.1 Å². The van der Waals surface area contributed by atoms with Crippen LogP contribution in [0.1, 0.15) is 21.0 Å². The van der Waals surface area contributed by atoms with Gasteiger partial charge >= 0.3 is 0 Å². The zero-order valence-corrected chi connectivity index (χ0v) is 20.2. The van der Waals surface area contributed by atoms with Crippen molar-refractivity contribution in [3.05, 3.63) is 81.2 Å². The van der Waals surface area contributed by atoms with Crippen LogP contribution < -0.4 is 10.1 Å². The Labute approximate surface area is 201 Å². The van der Waals surface area contributed by atoms with Crippen molar-refractivity contribution in [2.24, 2.45) is 0 Å². The number of carbonyl (C=O) groups is 1. The maximum absolute atomic E-state index is 12.2. The van der Waals surface area contributed by atoms with E-state index in [9.17, 15) is 4.79 Å². The van der Waals surface area contributed by atoms with E-state index in [0.29, 0.717) is 20.7 Å². The number of carbonyl (C=O) groups excluding carboxylic acids is 1. The number of aromatic nitrogens is 1. The number of halogens is 1. The van der Waals surface area contributed by atoms with Gasteiger partial charge in [-0.2, -0.15) is 0 Å². The molecule has 0 bridgehead atoms. The fraction of sp³-hybridized carbons (Fsp3) is 0.200. The lowest BCUT2D eigenvalue weighted by molar-refractivity contribution is 0.0951. The summed E-state index contributed by atoms with van der Waals surface area (Å²) in [6.07, 6.45) is 0. The average molecular weight is 482 g/mol. The van der Waals surface area contributed by atoms with Crippen molar-refractivity contribution in [2.75, 3.05) is 21.2 Å². The van der Waals surface area contributed by atoms with Gasteiger partial charge in [0.2, 0.25) is 0 Å². The highest BCUT2D eigenvalue weighted by Gasteiger charge is 2.13. The Bertz CT molecular complexity index is 1250. The largest absolute Gasteiger partial charge is 0.497 e. The van der Waals surface area contributed by atoms with Crippen molar-refractivity contribution < 1.29 is 14.1 Å². The Morgan fingerprint density at radius 3 is 2.52 bits per heavy atom. The van der Waals surface area contributed by atoms with Crippen LogP contribution in [-0.2, 0) is 13.1 Å². The molecule has 2 aromatic carbocycles. The van der Waals surface area contributed by atoms with Crippen LogP contribution in [0.15, 0.2) is 65.2 Å². The minimum Gasteiger partial charge on any atom is -0.497 e. The highest BCUT2D eigenvalue weighted by Crippen LogP contribution is 2.31. The van der Waals surface area contributed by atoms with Crippen molar-refractivity contribution in [3.63, 3.8) is 0 Å². The predicted octanol–water partition coefficient (Wildman–Crippen LogP) is 5.72. The van der Waals surface area contributed by atoms with E-state index in [2.05, 4.69) is 53.7 Å². The number of methoxy groups -OCH3 is 1. The number of nitrogens with one attached hydrogen (secondary N) is 1. The Balaban J connectivity index is 1.48. The second-order valence-electron chi connectivity index (χ2n) is 7.80. The first-order valence-corrected chi connectivity index (χ1v) is 11.5. The normalized spacial score (nSPS) is 11.1. The summed E-state index contributed by atoms with van der Waals surface area (Å²) < 4.78 is 11.4. The maximum atomic E-state index is 12.2. The van der Waals surface area contributed by atoms with Crippen molar-refractivity contribution >= 4 is 28.8 Å². The Morgan fingerprint density at radius 2 is 1.85 bits per heavy atom. The van der Waals surface area contributed by atoms with Gasteiger partial charge in [-0.25, -0.2) is 0 Å². The molecule has 2 aromatic heterocycles. The molecule has 0 unspecified atom stereocenters. The minimum absolute atomic E-state index is 0.193. The summed E-state index contributed by atoms with van der Waals surface area (Å²) in [4.78, 5) is 14.9. The molecule has 0 saturated heterocycles. The zero-order chi connectivity index (χ0) is 23.4. The summed E-state index contributed by atoms with van der Waals surface area (Å²) in [5.74, 6) is 1.21. The molecule has 8 heteroatoms. The number of hydrogen-bond donors (Lipinski definition) is 1. The van der Waals surface area contributed by atoms with Crippen molar-refractivity contribution in [1.29, 1.82) is 0 Å². The number of rotatable bonds is 8. The molecular formula is C25H24ClN3O3S. The summed E-state index contributed by atoms with van der Waals surface area (Å²) in [7, 11) is 5.78. The van der Waals surface area contributed by atoms with Gasteiger partial charge in [-0.15, -0.1) is 11.3 Å². The highest BCUT2D eigenvalue weighted by atomic mass is 35.5. The number of amides is 1. The van der Waals surface area contributed by atoms with Crippen LogP contribution >= 0.6 is 22.9 Å². The summed E-state index contributed by atoms with van der Waals surface area (Å²) in [6, 6.07) is 19.5. The molecule has 170 valence electrons. The fourth-order valence-electron chi connectivity index (χ4n) is 3.47. The van der Waals surface area contributed by atoms with Crippen LogP contribution in [0, 0.1) is 0 Å². The van der Waals surface area contributed by atoms with Crippen LogP contribution in [0.2, 0.25) is 4.34 Å². The monoisotopic (exact) mass is 481 g/mol. The van der Waals surface area contributed by atoms with E-state index in [1.165, 1.54) is 16.9 Å². The first kappa shape index (κ1) is 23.0. The van der Waals surface area contributed by atoms with Gasteiger partial charge in [0.1, 0.15) is 11.4 Å². The van der Waals surface area contributed by atoms with E-state index in [1.54, 1.807) is 19.2 Å². The number of thiophene rings is 1. The van der Waals surface area contributed by atoms with Crippen molar-refractivity contribution in [1.82, 2.24) is 15.4 Å². The third kappa shape index (κ3) is 5.63. The maximum Gasteiger partial charge on any atom is 0.261 e. The molecule has 0 fully saturated rings. The average Bonchev–Trinajstić information content (AvgIpc) is 3.47. The third-order valence-corrected chi connectivity index (χ3v) is 6.30. The quantitative estimate of drug-likeness (QED) is 0.348. The number of ether oxygens (including phenoxy) is 1. The van der Waals surface area contributed by atoms with Gasteiger partial charge in [-0.05, 0) is 55.1 Å². The molecule has 6 nitrogen and oxygen atoms in total. The molecule has 0 radical (unpaired) electrons. The minimum atomic E-state index is -0.193. The molecule has 1 N–H and O–H groups in total. The second-order valence-corrected chi connectivity index (χ2v) is 9.52. The molecule has 0 aliphatic heterocycles. The van der Waals surface area contributed by atoms with Crippen LogP contribution in [0.25, 0.3) is 22.4 Å². The number of nitrogens with zero attached hydrogens (tertiary/aromatic N) is 2. The zero-order valence-electron chi connectivity index (χ0n) is 18.6. The van der Waals surface area contributed by atoms with Gasteiger partial charge in [-0.1, -0.05) is 47.1 Å². The first-order valence-electron chi connectivity index (χ1n) is 10.3. The van der Waals surface area contributed by atoms with E-state index >= 15 is 0 Å². The van der Waals surface area contributed by atoms with Gasteiger partial charge in [0.15, 0.2) is 5.76 Å². The van der Waals surface area contributed by atoms with E-state index < -0.39 is 0 Å². The third-order valence-electron chi connectivity index (χ3n) is 5.07. The number of benzene rings is 2. The molecule has 0 saturated carbocycles. The van der Waals surface area contributed by atoms with Gasteiger partial charge in [0.05, 0.1) is 22.9 Å². The lowest BCUT2D eigenvalue weighted by Crippen LogP contribution is -2.21. The van der Waals surface area contributed by atoms with Crippen LogP contribution in [0.4, 0.5) is 0 Å². The first-order chi connectivity index (χ1) is 15.9. The molecule has 4 aromatic rings. The van der Waals surface area contributed by atoms with Crippen LogP contribution in [0.3, 0.4) is 0 Å². The predicted molar refractivity (Wildman–Crippen MR) is 132 cm³/mol. The summed E-state index contributed by atoms with van der Waals surface area (Å²) in [5.41, 5.74) is 5.10. The Hall–Kier alpha value is -3.13. The van der Waals surface area contributed by atoms with Gasteiger partial charge in [-0.3, -0.25) is 4.79 Å². The van der Waals surface area contributed by atoms with Crippen LogP contribution in [0.5, 0.6) is 5.75 Å². The molecule has 0 atom stereocenters. The molecule has 0 aliphatic carbocycles. The topological polar surface area (TPSA) is 67.6 Å². The molecule has 2 heterocycles. The van der Waals surface area contributed by atoms with Crippen molar-refractivity contribution in [2.45, 2.75) is 13.1 Å². The second kappa shape index (κ2) is 10.2. The molecule has 0 spiro atoms. The van der Waals surface area contributed by atoms with Gasteiger partial charge in [0, 0.05) is 18.2 Å². The summed E-state index contributed by atoms with van der Waals surface area (Å²) in [6.45, 7) is 1.08. The van der Waals surface area contributed by atoms with E-state index in [1.807, 2.05) is 24.3 Å². The lowest BCUT2D eigenvalue weighted by Gasteiger charge is -2.16. The van der Waals surface area contributed by atoms with E-state index in [4.69, 9.17) is 20.9 Å². The highest BCUT2D eigenvalue weighted by molar-refractivity contribution is 7.17. The Morgan fingerprint density at radius 1 is 1.09 bits per heavy atom. The standard InChI is InChI=1S/C25H24ClN3O3S/c1-29(2)15-18-8-9-19(31-3)12-21(18)16-4-6-17(7-5-16)22-13-20(32-28-22)14-27-25(30)23-10-11-24(26)33-23/h4-13H,14-15H2,1-3H3,(H,27,30). The van der Waals surface area contributed by atoms with E-state index in [-0.39, 0.29) is 12.5 Å². The summed E-state index contributed by atoms with van der Waals surface area (Å²) >= 11 is 7.13. The smallest absolute Gasteiger partial charge is 0.261 e. The molecule has 33 heavy (non-hydrogen) atoms. The fourth-order valence-corrected chi connectivity index (χ4v) is 4.43. The molecule has 4 rings (SSSR count). The summed E-state index contributed by atoms with van der Waals surface area (Å²) in [5, 5.41) is 6.98. The van der Waals surface area contributed by atoms with Gasteiger partial charge in [0.25, 0.3) is 5.91 Å². The van der Waals surface area contributed by atoms with Crippen LogP contribution in [-0.4, -0.2) is 37.2 Å². The number of hydrogen-bond acceptors (Lipinski definition) is 6. The molecule has 1 amide bonds. The Kier molecular flexibility index (Phi) is 7.13. The molecule has 0 aliphatic rings. The van der Waals surface area contributed by atoms with Gasteiger partial charge < -0.3 is 19.5 Å². The SMILES string of the molecule is COc1ccc(CN(C)C)c(-c2ccc(-c3cc(CNC(=O)c4ccc(Cl)s4)on3)cc2)c1. The van der Waals surface area contributed by atoms with E-state index in [0.717, 1.165) is 29.0 Å². The molecular weight excluding hydrogens is 458 g/mol.